The number of rotatable bonds is 2. The highest BCUT2D eigenvalue weighted by Gasteiger charge is 2.42. The van der Waals surface area contributed by atoms with Crippen molar-refractivity contribution >= 4 is 27.0 Å². The second kappa shape index (κ2) is 4.60. The van der Waals surface area contributed by atoms with Crippen molar-refractivity contribution in [1.29, 1.82) is 0 Å². The number of halogens is 1. The van der Waals surface area contributed by atoms with Crippen LogP contribution in [0.3, 0.4) is 0 Å². The summed E-state index contributed by atoms with van der Waals surface area (Å²) < 4.78 is 3.36. The molecule has 1 saturated heterocycles. The molecule has 4 heteroatoms. The second-order valence-electron chi connectivity index (χ2n) is 5.87. The molecule has 2 aromatic rings. The number of nitrogens with one attached hydrogen (secondary N) is 1. The van der Waals surface area contributed by atoms with Gasteiger partial charge in [-0.15, -0.1) is 0 Å². The summed E-state index contributed by atoms with van der Waals surface area (Å²) >= 11 is 3.53. The summed E-state index contributed by atoms with van der Waals surface area (Å²) in [5.41, 5.74) is 2.46. The topological polar surface area (TPSA) is 29.9 Å². The van der Waals surface area contributed by atoms with Gasteiger partial charge in [-0.3, -0.25) is 0 Å². The van der Waals surface area contributed by atoms with Gasteiger partial charge in [0.2, 0.25) is 0 Å². The Balaban J connectivity index is 2.21. The molecule has 3 rings (SSSR count). The predicted octanol–water partition coefficient (Wildman–Crippen LogP) is 3.22. The monoisotopic (exact) mass is 321 g/mol. The third kappa shape index (κ3) is 1.93. The molecule has 1 N–H and O–H groups in total. The molecule has 1 aromatic heterocycles. The molecule has 0 spiro atoms. The Hall–Kier alpha value is -0.870. The first kappa shape index (κ1) is 13.1. The molecule has 1 aliphatic heterocycles. The van der Waals surface area contributed by atoms with Crippen LogP contribution in [0.2, 0.25) is 0 Å². The highest BCUT2D eigenvalue weighted by Crippen LogP contribution is 2.38. The maximum Gasteiger partial charge on any atom is 0.117 e. The fourth-order valence-electron chi connectivity index (χ4n) is 3.27. The maximum absolute atomic E-state index is 4.94. The zero-order valence-electron chi connectivity index (χ0n) is 11.7. The van der Waals surface area contributed by atoms with Crippen LogP contribution < -0.4 is 5.32 Å². The van der Waals surface area contributed by atoms with Crippen LogP contribution in [0.5, 0.6) is 0 Å². The van der Waals surface area contributed by atoms with Crippen LogP contribution in [0.15, 0.2) is 22.7 Å². The molecular weight excluding hydrogens is 302 g/mol. The standard InChI is InChI=1S/C15H20BrN3/c1-10(2)15(6-7-17-9-15)14-18-12-8-11(16)4-5-13(12)19(14)3/h4-5,8,10,17H,6-7,9H2,1-3H3. The lowest BCUT2D eigenvalue weighted by Gasteiger charge is -2.32. The molecule has 0 bridgehead atoms. The third-order valence-corrected chi connectivity index (χ3v) is 5.07. The lowest BCUT2D eigenvalue weighted by molar-refractivity contribution is 0.311. The summed E-state index contributed by atoms with van der Waals surface area (Å²) in [5, 5.41) is 3.51. The number of nitrogens with zero attached hydrogens (tertiary/aromatic N) is 2. The Kier molecular flexibility index (Phi) is 3.18. The number of aromatic nitrogens is 2. The number of imidazole rings is 1. The van der Waals surface area contributed by atoms with Crippen LogP contribution in [0.25, 0.3) is 11.0 Å². The van der Waals surface area contributed by atoms with Gasteiger partial charge >= 0.3 is 0 Å². The molecule has 19 heavy (non-hydrogen) atoms. The van der Waals surface area contributed by atoms with E-state index in [-0.39, 0.29) is 5.41 Å². The van der Waals surface area contributed by atoms with Crippen molar-refractivity contribution in [3.63, 3.8) is 0 Å². The van der Waals surface area contributed by atoms with Gasteiger partial charge in [-0.2, -0.15) is 0 Å². The molecule has 0 radical (unpaired) electrons. The van der Waals surface area contributed by atoms with E-state index in [4.69, 9.17) is 4.98 Å². The summed E-state index contributed by atoms with van der Waals surface area (Å²) in [4.78, 5) is 4.94. The molecular formula is C15H20BrN3. The number of aryl methyl sites for hydroxylation is 1. The molecule has 1 fully saturated rings. The molecule has 1 unspecified atom stereocenters. The van der Waals surface area contributed by atoms with Crippen LogP contribution in [-0.2, 0) is 12.5 Å². The number of hydrogen-bond acceptors (Lipinski definition) is 2. The summed E-state index contributed by atoms with van der Waals surface area (Å²) in [6, 6.07) is 6.34. The zero-order valence-corrected chi connectivity index (χ0v) is 13.3. The minimum atomic E-state index is 0.167. The Morgan fingerprint density at radius 3 is 2.84 bits per heavy atom. The Labute approximate surface area is 122 Å². The lowest BCUT2D eigenvalue weighted by atomic mass is 9.75. The summed E-state index contributed by atoms with van der Waals surface area (Å²) in [6.45, 7) is 6.73. The minimum Gasteiger partial charge on any atom is -0.331 e. The van der Waals surface area contributed by atoms with Crippen molar-refractivity contribution in [3.05, 3.63) is 28.5 Å². The first-order chi connectivity index (χ1) is 9.04. The van der Waals surface area contributed by atoms with Crippen molar-refractivity contribution in [2.75, 3.05) is 13.1 Å². The molecule has 0 amide bonds. The van der Waals surface area contributed by atoms with Crippen molar-refractivity contribution in [2.45, 2.75) is 25.7 Å². The van der Waals surface area contributed by atoms with E-state index >= 15 is 0 Å². The van der Waals surface area contributed by atoms with E-state index in [1.165, 1.54) is 17.8 Å². The van der Waals surface area contributed by atoms with Gasteiger partial charge in [-0.1, -0.05) is 29.8 Å². The van der Waals surface area contributed by atoms with E-state index in [1.807, 2.05) is 0 Å². The molecule has 0 aliphatic carbocycles. The van der Waals surface area contributed by atoms with Crippen LogP contribution >= 0.6 is 15.9 Å². The molecule has 3 nitrogen and oxygen atoms in total. The van der Waals surface area contributed by atoms with Gasteiger partial charge in [-0.05, 0) is 37.1 Å². The fraction of sp³-hybridized carbons (Fsp3) is 0.533. The quantitative estimate of drug-likeness (QED) is 0.920. The Morgan fingerprint density at radius 2 is 2.21 bits per heavy atom. The lowest BCUT2D eigenvalue weighted by Crippen LogP contribution is -2.37. The number of hydrogen-bond donors (Lipinski definition) is 1. The van der Waals surface area contributed by atoms with E-state index in [2.05, 4.69) is 64.9 Å². The zero-order chi connectivity index (χ0) is 13.6. The van der Waals surface area contributed by atoms with Crippen LogP contribution in [-0.4, -0.2) is 22.6 Å². The second-order valence-corrected chi connectivity index (χ2v) is 6.78. The van der Waals surface area contributed by atoms with Crippen molar-refractivity contribution < 1.29 is 0 Å². The van der Waals surface area contributed by atoms with Gasteiger partial charge in [0.15, 0.2) is 0 Å². The summed E-state index contributed by atoms with van der Waals surface area (Å²) in [6.07, 6.45) is 1.17. The van der Waals surface area contributed by atoms with Gasteiger partial charge in [0.1, 0.15) is 5.82 Å². The van der Waals surface area contributed by atoms with E-state index in [9.17, 15) is 0 Å². The van der Waals surface area contributed by atoms with E-state index in [0.29, 0.717) is 5.92 Å². The Bertz CT molecular complexity index is 609. The van der Waals surface area contributed by atoms with E-state index < -0.39 is 0 Å². The third-order valence-electron chi connectivity index (χ3n) is 4.58. The SMILES string of the molecule is CC(C)C1(c2nc3cc(Br)ccc3n2C)CCNC1. The van der Waals surface area contributed by atoms with Gasteiger partial charge in [-0.25, -0.2) is 4.98 Å². The van der Waals surface area contributed by atoms with Crippen LogP contribution in [0.1, 0.15) is 26.1 Å². The highest BCUT2D eigenvalue weighted by atomic mass is 79.9. The van der Waals surface area contributed by atoms with Crippen molar-refractivity contribution in [3.8, 4) is 0 Å². The molecule has 1 atom stereocenters. The number of fused-ring (bicyclic) bond motifs is 1. The minimum absolute atomic E-state index is 0.167. The number of benzene rings is 1. The fourth-order valence-corrected chi connectivity index (χ4v) is 3.62. The predicted molar refractivity (Wildman–Crippen MR) is 82.4 cm³/mol. The van der Waals surface area contributed by atoms with Crippen molar-refractivity contribution in [1.82, 2.24) is 14.9 Å². The van der Waals surface area contributed by atoms with Gasteiger partial charge < -0.3 is 9.88 Å². The van der Waals surface area contributed by atoms with Crippen LogP contribution in [0.4, 0.5) is 0 Å². The highest BCUT2D eigenvalue weighted by molar-refractivity contribution is 9.10. The average molecular weight is 322 g/mol. The van der Waals surface area contributed by atoms with Gasteiger partial charge in [0.05, 0.1) is 11.0 Å². The summed E-state index contributed by atoms with van der Waals surface area (Å²) in [5.74, 6) is 1.81. The molecule has 102 valence electrons. The van der Waals surface area contributed by atoms with E-state index in [1.54, 1.807) is 0 Å². The normalized spacial score (nSPS) is 23.6. The Morgan fingerprint density at radius 1 is 1.42 bits per heavy atom. The smallest absolute Gasteiger partial charge is 0.117 e. The van der Waals surface area contributed by atoms with Gasteiger partial charge in [0.25, 0.3) is 0 Å². The summed E-state index contributed by atoms with van der Waals surface area (Å²) in [7, 11) is 2.14. The van der Waals surface area contributed by atoms with Gasteiger partial charge in [0, 0.05) is 23.5 Å². The maximum atomic E-state index is 4.94. The molecule has 0 saturated carbocycles. The first-order valence-corrected chi connectivity index (χ1v) is 7.67. The van der Waals surface area contributed by atoms with Crippen LogP contribution in [0, 0.1) is 5.92 Å². The van der Waals surface area contributed by atoms with E-state index in [0.717, 1.165) is 23.1 Å². The average Bonchev–Trinajstić information content (AvgIpc) is 2.95. The van der Waals surface area contributed by atoms with Crippen molar-refractivity contribution in [2.24, 2.45) is 13.0 Å². The molecule has 1 aromatic carbocycles. The molecule has 2 heterocycles. The first-order valence-electron chi connectivity index (χ1n) is 6.88. The largest absolute Gasteiger partial charge is 0.331 e. The molecule has 1 aliphatic rings.